The molecule has 2 aliphatic carbocycles. The lowest BCUT2D eigenvalue weighted by atomic mass is 9.90. The highest BCUT2D eigenvalue weighted by Gasteiger charge is 2.55. The van der Waals surface area contributed by atoms with Crippen molar-refractivity contribution in [1.82, 2.24) is 9.80 Å². The number of piperidine rings is 1. The molecule has 106 valence electrons. The Morgan fingerprint density at radius 2 is 1.95 bits per heavy atom. The molecule has 0 aromatic carbocycles. The van der Waals surface area contributed by atoms with Crippen LogP contribution in [0.25, 0.3) is 0 Å². The molecule has 3 rings (SSSR count). The maximum atomic E-state index is 11.4. The first-order valence-corrected chi connectivity index (χ1v) is 7.24. The quantitative estimate of drug-likeness (QED) is 0.767. The zero-order valence-electron chi connectivity index (χ0n) is 11.5. The van der Waals surface area contributed by atoms with Gasteiger partial charge in [0.05, 0.1) is 0 Å². The second-order valence-electron chi connectivity index (χ2n) is 6.53. The molecule has 0 bridgehead atoms. The van der Waals surface area contributed by atoms with E-state index >= 15 is 0 Å². The smallest absolute Gasteiger partial charge is 0.394 e. The Morgan fingerprint density at radius 1 is 1.32 bits per heavy atom. The zero-order chi connectivity index (χ0) is 13.6. The van der Waals surface area contributed by atoms with Crippen LogP contribution in [0.5, 0.6) is 0 Å². The van der Waals surface area contributed by atoms with E-state index in [4.69, 9.17) is 5.11 Å². The molecule has 1 saturated heterocycles. The van der Waals surface area contributed by atoms with Gasteiger partial charge in [-0.15, -0.1) is 0 Å². The minimum absolute atomic E-state index is 0.415. The van der Waals surface area contributed by atoms with E-state index in [0.29, 0.717) is 18.5 Å². The van der Waals surface area contributed by atoms with Gasteiger partial charge in [0.2, 0.25) is 0 Å². The number of hydrogen-bond donors (Lipinski definition) is 1. The van der Waals surface area contributed by atoms with Crippen molar-refractivity contribution >= 4 is 11.9 Å². The third-order valence-corrected chi connectivity index (χ3v) is 5.27. The van der Waals surface area contributed by atoms with Crippen molar-refractivity contribution in [2.24, 2.45) is 11.3 Å². The highest BCUT2D eigenvalue weighted by atomic mass is 16.4. The lowest BCUT2D eigenvalue weighted by molar-refractivity contribution is -0.156. The number of likely N-dealkylation sites (tertiary alicyclic amines) is 1. The predicted octanol–water partition coefficient (Wildman–Crippen LogP) is 0.794. The largest absolute Gasteiger partial charge is 0.474 e. The highest BCUT2D eigenvalue weighted by Crippen LogP contribution is 2.59. The Labute approximate surface area is 113 Å². The molecule has 0 aromatic heterocycles. The molecule has 0 aromatic rings. The van der Waals surface area contributed by atoms with Gasteiger partial charge in [-0.1, -0.05) is 0 Å². The lowest BCUT2D eigenvalue weighted by Crippen LogP contribution is -2.43. The number of carbonyl (C=O) groups is 2. The molecule has 5 nitrogen and oxygen atoms in total. The third-order valence-electron chi connectivity index (χ3n) is 5.27. The summed E-state index contributed by atoms with van der Waals surface area (Å²) in [5.74, 6) is -1.29. The standard InChI is InChI=1S/C14H22N2O3/c1-15(11-2-3-11)9-10-8-14(10)4-6-16(7-5-14)12(17)13(18)19/h10-11H,2-9H2,1H3,(H,18,19). The van der Waals surface area contributed by atoms with E-state index in [9.17, 15) is 9.59 Å². The van der Waals surface area contributed by atoms with Crippen molar-refractivity contribution < 1.29 is 14.7 Å². The number of carbonyl (C=O) groups excluding carboxylic acids is 1. The topological polar surface area (TPSA) is 60.9 Å². The summed E-state index contributed by atoms with van der Waals surface area (Å²) in [4.78, 5) is 26.0. The van der Waals surface area contributed by atoms with Crippen LogP contribution in [0.15, 0.2) is 0 Å². The van der Waals surface area contributed by atoms with Crippen molar-refractivity contribution in [1.29, 1.82) is 0 Å². The molecule has 5 heteroatoms. The summed E-state index contributed by atoms with van der Waals surface area (Å²) in [7, 11) is 2.22. The maximum absolute atomic E-state index is 11.4. The number of rotatable bonds is 3. The van der Waals surface area contributed by atoms with Gasteiger partial charge in [-0.2, -0.15) is 0 Å². The number of hydrogen-bond acceptors (Lipinski definition) is 3. The van der Waals surface area contributed by atoms with Crippen molar-refractivity contribution in [3.8, 4) is 0 Å². The molecular weight excluding hydrogens is 244 g/mol. The van der Waals surface area contributed by atoms with Crippen LogP contribution in [0, 0.1) is 11.3 Å². The zero-order valence-corrected chi connectivity index (χ0v) is 11.5. The van der Waals surface area contributed by atoms with Crippen LogP contribution in [0.1, 0.15) is 32.1 Å². The first-order chi connectivity index (χ1) is 9.02. The van der Waals surface area contributed by atoms with Crippen LogP contribution in [0.4, 0.5) is 0 Å². The van der Waals surface area contributed by atoms with E-state index in [1.165, 1.54) is 30.7 Å². The molecular formula is C14H22N2O3. The second-order valence-corrected chi connectivity index (χ2v) is 6.53. The Morgan fingerprint density at radius 3 is 2.47 bits per heavy atom. The minimum Gasteiger partial charge on any atom is -0.474 e. The summed E-state index contributed by atoms with van der Waals surface area (Å²) >= 11 is 0. The average molecular weight is 266 g/mol. The van der Waals surface area contributed by atoms with Gasteiger partial charge in [0, 0.05) is 25.7 Å². The van der Waals surface area contributed by atoms with Crippen LogP contribution in [0.2, 0.25) is 0 Å². The first-order valence-electron chi connectivity index (χ1n) is 7.24. The molecule has 1 aliphatic heterocycles. The average Bonchev–Trinajstić information content (AvgIpc) is 3.27. The SMILES string of the molecule is CN(CC1CC12CCN(C(=O)C(=O)O)CC2)C1CC1. The molecule has 1 amide bonds. The Balaban J connectivity index is 1.48. The fourth-order valence-electron chi connectivity index (χ4n) is 3.60. The molecule has 0 radical (unpaired) electrons. The van der Waals surface area contributed by atoms with Gasteiger partial charge in [0.1, 0.15) is 0 Å². The van der Waals surface area contributed by atoms with Gasteiger partial charge in [0.25, 0.3) is 0 Å². The van der Waals surface area contributed by atoms with Gasteiger partial charge >= 0.3 is 11.9 Å². The molecule has 1 N–H and O–H groups in total. The van der Waals surface area contributed by atoms with Gasteiger partial charge in [-0.05, 0) is 50.5 Å². The van der Waals surface area contributed by atoms with E-state index in [0.717, 1.165) is 24.8 Å². The number of carboxylic acid groups (broad SMARTS) is 1. The van der Waals surface area contributed by atoms with E-state index in [-0.39, 0.29) is 0 Å². The Bertz CT molecular complexity index is 397. The molecule has 1 atom stereocenters. The highest BCUT2D eigenvalue weighted by molar-refractivity contribution is 6.31. The van der Waals surface area contributed by atoms with Crippen LogP contribution < -0.4 is 0 Å². The lowest BCUT2D eigenvalue weighted by Gasteiger charge is -2.32. The maximum Gasteiger partial charge on any atom is 0.394 e. The second kappa shape index (κ2) is 4.47. The van der Waals surface area contributed by atoms with Gasteiger partial charge < -0.3 is 14.9 Å². The van der Waals surface area contributed by atoms with Gasteiger partial charge in [-0.3, -0.25) is 4.79 Å². The summed E-state index contributed by atoms with van der Waals surface area (Å²) < 4.78 is 0. The van der Waals surface area contributed by atoms with Crippen LogP contribution in [-0.4, -0.2) is 59.5 Å². The molecule has 1 heterocycles. The summed E-state index contributed by atoms with van der Waals surface area (Å²) in [6.45, 7) is 2.42. The summed E-state index contributed by atoms with van der Waals surface area (Å²) in [6, 6.07) is 0.811. The normalized spacial score (nSPS) is 28.7. The summed E-state index contributed by atoms with van der Waals surface area (Å²) in [5.41, 5.74) is 0.415. The number of amides is 1. The van der Waals surface area contributed by atoms with E-state index in [2.05, 4.69) is 11.9 Å². The monoisotopic (exact) mass is 266 g/mol. The van der Waals surface area contributed by atoms with Crippen molar-refractivity contribution in [3.05, 3.63) is 0 Å². The van der Waals surface area contributed by atoms with Crippen molar-refractivity contribution in [2.75, 3.05) is 26.7 Å². The van der Waals surface area contributed by atoms with Gasteiger partial charge in [-0.25, -0.2) is 4.79 Å². The molecule has 3 aliphatic rings. The molecule has 2 saturated carbocycles. The Hall–Kier alpha value is -1.10. The fraction of sp³-hybridized carbons (Fsp3) is 0.857. The molecule has 1 unspecified atom stereocenters. The number of aliphatic carboxylic acids is 1. The van der Waals surface area contributed by atoms with Crippen molar-refractivity contribution in [2.45, 2.75) is 38.1 Å². The van der Waals surface area contributed by atoms with Crippen molar-refractivity contribution in [3.63, 3.8) is 0 Å². The molecule has 3 fully saturated rings. The van der Waals surface area contributed by atoms with E-state index in [1.54, 1.807) is 0 Å². The molecule has 19 heavy (non-hydrogen) atoms. The number of carboxylic acids is 1. The summed E-state index contributed by atoms with van der Waals surface area (Å²) in [6.07, 6.45) is 5.91. The summed E-state index contributed by atoms with van der Waals surface area (Å²) in [5, 5.41) is 8.72. The van der Waals surface area contributed by atoms with E-state index < -0.39 is 11.9 Å². The minimum atomic E-state index is -1.32. The van der Waals surface area contributed by atoms with Crippen LogP contribution in [0.3, 0.4) is 0 Å². The fourth-order valence-corrected chi connectivity index (χ4v) is 3.60. The van der Waals surface area contributed by atoms with Crippen LogP contribution >= 0.6 is 0 Å². The van der Waals surface area contributed by atoms with E-state index in [1.807, 2.05) is 0 Å². The first kappa shape index (κ1) is 12.9. The van der Waals surface area contributed by atoms with Gasteiger partial charge in [0.15, 0.2) is 0 Å². The number of nitrogens with zero attached hydrogens (tertiary/aromatic N) is 2. The third kappa shape index (κ3) is 2.48. The Kier molecular flexibility index (Phi) is 3.04. The molecule has 1 spiro atoms. The van der Waals surface area contributed by atoms with Crippen LogP contribution in [-0.2, 0) is 9.59 Å². The predicted molar refractivity (Wildman–Crippen MR) is 69.6 cm³/mol.